The van der Waals surface area contributed by atoms with Crippen molar-refractivity contribution in [2.24, 2.45) is 0 Å². The molecule has 0 saturated carbocycles. The van der Waals surface area contributed by atoms with Crippen LogP contribution in [0.4, 0.5) is 0 Å². The fourth-order valence-corrected chi connectivity index (χ4v) is 4.59. The molecule has 0 heterocycles. The van der Waals surface area contributed by atoms with E-state index in [-0.39, 0.29) is 34.7 Å². The minimum Gasteiger partial charge on any atom is -0.407 e. The lowest BCUT2D eigenvalue weighted by Gasteiger charge is -2.38. The van der Waals surface area contributed by atoms with E-state index in [0.717, 1.165) is 6.29 Å². The third-order valence-electron chi connectivity index (χ3n) is 6.09. The van der Waals surface area contributed by atoms with Crippen LogP contribution in [-0.4, -0.2) is 58.4 Å². The summed E-state index contributed by atoms with van der Waals surface area (Å²) < 4.78 is 11.8. The monoisotopic (exact) mass is 462 g/mol. The van der Waals surface area contributed by atoms with E-state index in [9.17, 15) is 14.4 Å². The standard InChI is InChI=1S/C11H24O3Si.C11H22O3Si/c2*1-9(13)10(7-8-12)14-15(5,6)11(2,3)4/h10,12H,7-8H2,1-6H3;8,10H,7H2,1-6H3. The second-order valence-electron chi connectivity index (χ2n) is 10.9. The first-order valence-corrected chi connectivity index (χ1v) is 16.5. The van der Waals surface area contributed by atoms with E-state index >= 15 is 0 Å². The van der Waals surface area contributed by atoms with Gasteiger partial charge in [0, 0.05) is 19.4 Å². The molecule has 2 atom stereocenters. The van der Waals surface area contributed by atoms with Crippen molar-refractivity contribution in [3.8, 4) is 0 Å². The summed E-state index contributed by atoms with van der Waals surface area (Å²) >= 11 is 0. The minimum absolute atomic E-state index is 0.00112. The van der Waals surface area contributed by atoms with Gasteiger partial charge in [-0.3, -0.25) is 9.59 Å². The molecule has 0 aliphatic carbocycles. The average Bonchev–Trinajstić information content (AvgIpc) is 2.52. The SMILES string of the molecule is CC(=O)C(CC=O)O[Si](C)(C)C(C)(C)C.CC(=O)C(CCO)O[Si](C)(C)C(C)(C)C. The Balaban J connectivity index is 0. The van der Waals surface area contributed by atoms with Crippen LogP contribution in [0.5, 0.6) is 0 Å². The summed E-state index contributed by atoms with van der Waals surface area (Å²) in [6, 6.07) is 0. The second-order valence-corrected chi connectivity index (χ2v) is 20.4. The maximum absolute atomic E-state index is 11.3. The lowest BCUT2D eigenvalue weighted by Crippen LogP contribution is -2.45. The van der Waals surface area contributed by atoms with Crippen LogP contribution in [0.3, 0.4) is 0 Å². The van der Waals surface area contributed by atoms with E-state index in [4.69, 9.17) is 14.0 Å². The van der Waals surface area contributed by atoms with Gasteiger partial charge in [0.15, 0.2) is 28.2 Å². The van der Waals surface area contributed by atoms with Crippen molar-refractivity contribution in [2.75, 3.05) is 6.61 Å². The van der Waals surface area contributed by atoms with Gasteiger partial charge in [0.2, 0.25) is 0 Å². The van der Waals surface area contributed by atoms with Gasteiger partial charge in [0.25, 0.3) is 0 Å². The molecule has 0 rings (SSSR count). The van der Waals surface area contributed by atoms with Gasteiger partial charge in [-0.05, 0) is 50.1 Å². The van der Waals surface area contributed by atoms with E-state index < -0.39 is 28.8 Å². The van der Waals surface area contributed by atoms with E-state index in [1.807, 2.05) is 0 Å². The molecule has 0 fully saturated rings. The van der Waals surface area contributed by atoms with E-state index in [1.54, 1.807) is 0 Å². The quantitative estimate of drug-likeness (QED) is 0.367. The van der Waals surface area contributed by atoms with Crippen molar-refractivity contribution in [2.45, 2.75) is 117 Å². The van der Waals surface area contributed by atoms with Crippen LogP contribution < -0.4 is 0 Å². The van der Waals surface area contributed by atoms with Crippen molar-refractivity contribution in [1.29, 1.82) is 0 Å². The molecule has 0 aromatic rings. The highest BCUT2D eigenvalue weighted by Crippen LogP contribution is 2.38. The first-order chi connectivity index (χ1) is 13.2. The van der Waals surface area contributed by atoms with E-state index in [0.29, 0.717) is 6.42 Å². The minimum atomic E-state index is -1.95. The molecule has 8 heteroatoms. The lowest BCUT2D eigenvalue weighted by atomic mass is 10.2. The summed E-state index contributed by atoms with van der Waals surface area (Å²) in [6.45, 7) is 24.1. The molecule has 6 nitrogen and oxygen atoms in total. The summed E-state index contributed by atoms with van der Waals surface area (Å²) in [6.07, 6.45) is 0.336. The predicted molar refractivity (Wildman–Crippen MR) is 128 cm³/mol. The third-order valence-corrected chi connectivity index (χ3v) is 15.1. The molecule has 0 radical (unpaired) electrons. The van der Waals surface area contributed by atoms with Gasteiger partial charge in [-0.25, -0.2) is 0 Å². The molecule has 178 valence electrons. The van der Waals surface area contributed by atoms with Gasteiger partial charge in [0.1, 0.15) is 18.5 Å². The molecule has 0 saturated heterocycles. The van der Waals surface area contributed by atoms with Gasteiger partial charge in [-0.2, -0.15) is 0 Å². The van der Waals surface area contributed by atoms with Crippen molar-refractivity contribution < 1.29 is 28.3 Å². The van der Waals surface area contributed by atoms with Crippen LogP contribution >= 0.6 is 0 Å². The molecule has 30 heavy (non-hydrogen) atoms. The smallest absolute Gasteiger partial charge is 0.193 e. The van der Waals surface area contributed by atoms with Crippen LogP contribution in [0.1, 0.15) is 68.2 Å². The fraction of sp³-hybridized carbons (Fsp3) is 0.864. The zero-order chi connectivity index (χ0) is 24.6. The van der Waals surface area contributed by atoms with Gasteiger partial charge < -0.3 is 18.8 Å². The normalized spacial score (nSPS) is 15.0. The summed E-state index contributed by atoms with van der Waals surface area (Å²) in [5.41, 5.74) is 0. The van der Waals surface area contributed by atoms with E-state index in [2.05, 4.69) is 67.7 Å². The Morgan fingerprint density at radius 2 is 1.17 bits per heavy atom. The topological polar surface area (TPSA) is 89.9 Å². The Bertz CT molecular complexity index is 559. The number of hydrogen-bond acceptors (Lipinski definition) is 6. The largest absolute Gasteiger partial charge is 0.407 e. The number of carbonyl (C=O) groups is 3. The number of hydrogen-bond donors (Lipinski definition) is 1. The molecule has 0 aliphatic heterocycles. The summed E-state index contributed by atoms with van der Waals surface area (Å²) in [7, 11) is -3.85. The summed E-state index contributed by atoms with van der Waals surface area (Å²) in [5.74, 6) is -0.0548. The number of carbonyl (C=O) groups excluding carboxylic acids is 3. The van der Waals surface area contributed by atoms with Gasteiger partial charge in [-0.15, -0.1) is 0 Å². The van der Waals surface area contributed by atoms with Crippen LogP contribution in [0.25, 0.3) is 0 Å². The molecular weight excluding hydrogens is 416 g/mol. The molecule has 2 unspecified atom stereocenters. The van der Waals surface area contributed by atoms with Gasteiger partial charge in [0.05, 0.1) is 0 Å². The van der Waals surface area contributed by atoms with E-state index in [1.165, 1.54) is 13.8 Å². The number of Topliss-reactive ketones (excluding diaryl/α,β-unsaturated/α-hetero) is 2. The average molecular weight is 463 g/mol. The molecule has 0 aliphatic rings. The summed E-state index contributed by atoms with van der Waals surface area (Å²) in [4.78, 5) is 33.0. The molecule has 0 aromatic carbocycles. The first kappa shape index (κ1) is 31.5. The van der Waals surface area contributed by atoms with Gasteiger partial charge in [-0.1, -0.05) is 41.5 Å². The van der Waals surface area contributed by atoms with Crippen molar-refractivity contribution in [3.63, 3.8) is 0 Å². The van der Waals surface area contributed by atoms with Crippen LogP contribution in [0.2, 0.25) is 36.3 Å². The maximum Gasteiger partial charge on any atom is 0.193 e. The maximum atomic E-state index is 11.3. The van der Waals surface area contributed by atoms with Crippen LogP contribution in [0.15, 0.2) is 0 Å². The number of aldehydes is 1. The molecule has 1 N–H and O–H groups in total. The predicted octanol–water partition coefficient (Wildman–Crippen LogP) is 4.90. The zero-order valence-corrected chi connectivity index (χ0v) is 23.3. The molecule has 0 spiro atoms. The Kier molecular flexibility index (Phi) is 13.0. The zero-order valence-electron chi connectivity index (χ0n) is 21.3. The highest BCUT2D eigenvalue weighted by atomic mass is 28.4. The Morgan fingerprint density at radius 1 is 0.833 bits per heavy atom. The molecule has 0 amide bonds. The molecule has 0 aromatic heterocycles. The number of aliphatic hydroxyl groups excluding tert-OH is 1. The highest BCUT2D eigenvalue weighted by Gasteiger charge is 2.40. The Labute approximate surface area is 186 Å². The lowest BCUT2D eigenvalue weighted by molar-refractivity contribution is -0.126. The number of ketones is 2. The van der Waals surface area contributed by atoms with Crippen LogP contribution in [0, 0.1) is 0 Å². The summed E-state index contributed by atoms with van der Waals surface area (Å²) in [5, 5.41) is 9.02. The fourth-order valence-electron chi connectivity index (χ4n) is 1.91. The highest BCUT2D eigenvalue weighted by molar-refractivity contribution is 6.74. The number of rotatable bonds is 10. The Morgan fingerprint density at radius 3 is 1.40 bits per heavy atom. The molecular formula is C22H46O6Si2. The first-order valence-electron chi connectivity index (χ1n) is 10.6. The Hall–Kier alpha value is -0.676. The van der Waals surface area contributed by atoms with Crippen molar-refractivity contribution in [1.82, 2.24) is 0 Å². The second kappa shape index (κ2) is 12.4. The molecule has 0 bridgehead atoms. The number of aliphatic hydroxyl groups is 1. The van der Waals surface area contributed by atoms with Crippen molar-refractivity contribution >= 4 is 34.5 Å². The van der Waals surface area contributed by atoms with Crippen LogP contribution in [-0.2, 0) is 23.2 Å². The van der Waals surface area contributed by atoms with Crippen molar-refractivity contribution in [3.05, 3.63) is 0 Å². The third kappa shape index (κ3) is 11.1. The van der Waals surface area contributed by atoms with Gasteiger partial charge >= 0.3 is 0 Å².